The van der Waals surface area contributed by atoms with E-state index in [1.54, 1.807) is 49.2 Å². The maximum absolute atomic E-state index is 17.1. The molecule has 6 heterocycles. The minimum Gasteiger partial charge on any atom is -0.394 e. The molecule has 1 aliphatic heterocycles. The number of anilines is 1. The number of ether oxygens (including phenoxy) is 2. The standard InChI is InChI=1S/C52H47FN11O7PS/c53-42-45(41(27-65)70-51(42)64-33-58-43-46(56-30-57-48(43)64)61-50(66)34-14-5-1-6-15-34)71-72(73,68-25-13-22-54)69-28-35-26-40(63-32-59-44-47-55-23-24-62(47)31-60-49(44)63)39(35)29-67-52(36-16-7-2-8-17-36,37-18-9-3-10-19-37)38-20-11-4-12-21-38/h1-12,14-21,23-24,30-33,35,39-42,45,51,65H,13,25-29H2,(H,56,57,61,66)/t35-,39-,40-,41-,42-,45-,51-,72?/m1/s1. The van der Waals surface area contributed by atoms with E-state index in [0.717, 1.165) is 16.7 Å². The van der Waals surface area contributed by atoms with Gasteiger partial charge in [-0.25, -0.2) is 34.3 Å². The number of nitriles is 1. The van der Waals surface area contributed by atoms with Gasteiger partial charge in [-0.3, -0.25) is 18.3 Å². The normalized spacial score (nSPS) is 21.7. The summed E-state index contributed by atoms with van der Waals surface area (Å²) in [6.45, 7) is -4.50. The van der Waals surface area contributed by atoms with Crippen molar-refractivity contribution in [2.75, 3.05) is 31.7 Å². The zero-order valence-corrected chi connectivity index (χ0v) is 40.6. The first-order valence-corrected chi connectivity index (χ1v) is 26.2. The van der Waals surface area contributed by atoms with Gasteiger partial charge >= 0.3 is 6.72 Å². The Morgan fingerprint density at radius 1 is 0.808 bits per heavy atom. The number of hydrogen-bond donors (Lipinski definition) is 2. The van der Waals surface area contributed by atoms with Crippen LogP contribution in [0.15, 0.2) is 159 Å². The smallest absolute Gasteiger partial charge is 0.327 e. The summed E-state index contributed by atoms with van der Waals surface area (Å²) in [6, 6.07) is 40.8. The summed E-state index contributed by atoms with van der Waals surface area (Å²) >= 11 is 6.06. The summed E-state index contributed by atoms with van der Waals surface area (Å²) in [5.41, 5.74) is 4.49. The molecule has 1 amide bonds. The Kier molecular flexibility index (Phi) is 13.7. The number of imidazole rings is 3. The fourth-order valence-corrected chi connectivity index (χ4v) is 12.0. The molecule has 5 aromatic heterocycles. The number of nitrogens with one attached hydrogen (secondary N) is 1. The van der Waals surface area contributed by atoms with E-state index in [1.165, 1.54) is 17.2 Å². The number of hydrogen-bond acceptors (Lipinski definition) is 15. The molecule has 0 bridgehead atoms. The number of amides is 1. The number of aliphatic hydroxyl groups is 1. The van der Waals surface area contributed by atoms with Gasteiger partial charge in [0.05, 0.1) is 51.6 Å². The summed E-state index contributed by atoms with van der Waals surface area (Å²) in [5, 5.41) is 22.9. The third kappa shape index (κ3) is 9.19. The van der Waals surface area contributed by atoms with Crippen LogP contribution < -0.4 is 5.32 Å². The van der Waals surface area contributed by atoms with Crippen molar-refractivity contribution in [3.63, 3.8) is 0 Å². The van der Waals surface area contributed by atoms with Crippen molar-refractivity contribution in [3.05, 3.63) is 181 Å². The molecule has 370 valence electrons. The molecule has 11 rings (SSSR count). The van der Waals surface area contributed by atoms with Crippen LogP contribution in [0, 0.1) is 23.2 Å². The molecule has 21 heteroatoms. The second kappa shape index (κ2) is 20.7. The molecule has 4 aromatic carbocycles. The van der Waals surface area contributed by atoms with Gasteiger partial charge in [0, 0.05) is 29.9 Å². The Labute approximate surface area is 422 Å². The van der Waals surface area contributed by atoms with Crippen LogP contribution in [0.4, 0.5) is 10.2 Å². The van der Waals surface area contributed by atoms with Gasteiger partial charge in [0.15, 0.2) is 46.2 Å². The van der Waals surface area contributed by atoms with Crippen molar-refractivity contribution < 1.29 is 37.3 Å². The largest absolute Gasteiger partial charge is 0.394 e. The Morgan fingerprint density at radius 3 is 2.12 bits per heavy atom. The first-order chi connectivity index (χ1) is 35.8. The molecule has 18 nitrogen and oxygen atoms in total. The summed E-state index contributed by atoms with van der Waals surface area (Å²) in [4.78, 5) is 40.1. The van der Waals surface area contributed by atoms with Gasteiger partial charge in [0.1, 0.15) is 30.5 Å². The molecule has 1 saturated heterocycles. The number of halogens is 1. The number of nitrogens with zero attached hydrogens (tertiary/aromatic N) is 10. The van der Waals surface area contributed by atoms with Crippen LogP contribution in [0.1, 0.15) is 52.2 Å². The number of rotatable bonds is 19. The average molecular weight is 1020 g/mol. The van der Waals surface area contributed by atoms with Crippen molar-refractivity contribution in [3.8, 4) is 6.07 Å². The molecule has 1 unspecified atom stereocenters. The molecule has 8 atom stereocenters. The minimum atomic E-state index is -3.91. The Bertz CT molecular complexity index is 3360. The zero-order chi connectivity index (χ0) is 49.9. The first kappa shape index (κ1) is 48.1. The third-order valence-electron chi connectivity index (χ3n) is 13.5. The van der Waals surface area contributed by atoms with E-state index in [2.05, 4.69) is 72.3 Å². The molecular weight excluding hydrogens is 973 g/mol. The number of carbonyl (C=O) groups is 1. The highest BCUT2D eigenvalue weighted by Crippen LogP contribution is 2.57. The topological polar surface area (TPSA) is 211 Å². The van der Waals surface area contributed by atoms with Gasteiger partial charge in [-0.15, -0.1) is 0 Å². The average Bonchev–Trinajstić information content (AvgIpc) is 4.25. The number of aliphatic hydroxyl groups excluding tert-OH is 1. The number of alkyl halides is 1. The van der Waals surface area contributed by atoms with Gasteiger partial charge < -0.3 is 33.5 Å². The number of carbonyl (C=O) groups excluding carboxylic acids is 1. The maximum atomic E-state index is 17.1. The Hall–Kier alpha value is -7.18. The van der Waals surface area contributed by atoms with Crippen LogP contribution >= 0.6 is 6.72 Å². The molecule has 9 aromatic rings. The lowest BCUT2D eigenvalue weighted by molar-refractivity contribution is -0.0769. The van der Waals surface area contributed by atoms with Crippen molar-refractivity contribution in [2.24, 2.45) is 11.8 Å². The highest BCUT2D eigenvalue weighted by molar-refractivity contribution is 8.07. The molecule has 0 spiro atoms. The van der Waals surface area contributed by atoms with Gasteiger partial charge in [-0.1, -0.05) is 109 Å². The molecule has 2 fully saturated rings. The van der Waals surface area contributed by atoms with Gasteiger partial charge in [0.2, 0.25) is 0 Å². The Balaban J connectivity index is 0.885. The van der Waals surface area contributed by atoms with Crippen molar-refractivity contribution in [1.82, 2.24) is 43.4 Å². The lowest BCUT2D eigenvalue weighted by atomic mass is 9.69. The van der Waals surface area contributed by atoms with Crippen LogP contribution in [-0.4, -0.2) is 99.3 Å². The molecule has 1 aliphatic carbocycles. The highest BCUT2D eigenvalue weighted by atomic mass is 32.5. The van der Waals surface area contributed by atoms with Crippen molar-refractivity contribution in [2.45, 2.75) is 49.1 Å². The van der Waals surface area contributed by atoms with E-state index in [1.807, 2.05) is 65.2 Å². The van der Waals surface area contributed by atoms with Gasteiger partial charge in [0.25, 0.3) is 5.91 Å². The molecule has 2 N–H and O–H groups in total. The lowest BCUT2D eigenvalue weighted by Gasteiger charge is -2.47. The monoisotopic (exact) mass is 1020 g/mol. The van der Waals surface area contributed by atoms with Crippen LogP contribution in [0.5, 0.6) is 0 Å². The van der Waals surface area contributed by atoms with Crippen LogP contribution in [0.2, 0.25) is 0 Å². The molecule has 1 saturated carbocycles. The first-order valence-electron chi connectivity index (χ1n) is 23.6. The van der Waals surface area contributed by atoms with Crippen LogP contribution in [0.3, 0.4) is 0 Å². The van der Waals surface area contributed by atoms with Gasteiger partial charge in [-0.2, -0.15) is 5.26 Å². The lowest BCUT2D eigenvalue weighted by Crippen LogP contribution is -2.46. The summed E-state index contributed by atoms with van der Waals surface area (Å²) in [7, 11) is 0. The van der Waals surface area contributed by atoms with E-state index < -0.39 is 49.4 Å². The molecule has 0 radical (unpaired) electrons. The van der Waals surface area contributed by atoms with Gasteiger partial charge in [-0.05, 0) is 53.0 Å². The predicted octanol–water partition coefficient (Wildman–Crippen LogP) is 8.14. The number of aromatic nitrogens is 9. The fourth-order valence-electron chi connectivity index (χ4n) is 9.84. The summed E-state index contributed by atoms with van der Waals surface area (Å²) in [6.07, 6.45) is 3.99. The molecule has 73 heavy (non-hydrogen) atoms. The Morgan fingerprint density at radius 2 is 1.45 bits per heavy atom. The highest BCUT2D eigenvalue weighted by Gasteiger charge is 2.51. The van der Waals surface area contributed by atoms with E-state index in [9.17, 15) is 15.2 Å². The number of fused-ring (bicyclic) bond motifs is 4. The minimum absolute atomic E-state index is 0.00619. The van der Waals surface area contributed by atoms with Crippen LogP contribution in [0.25, 0.3) is 28.0 Å². The third-order valence-corrected chi connectivity index (χ3v) is 15.9. The quantitative estimate of drug-likeness (QED) is 0.0445. The predicted molar refractivity (Wildman–Crippen MR) is 269 cm³/mol. The second-order valence-electron chi connectivity index (χ2n) is 17.7. The maximum Gasteiger partial charge on any atom is 0.327 e. The summed E-state index contributed by atoms with van der Waals surface area (Å²) in [5.74, 6) is -0.789. The van der Waals surface area contributed by atoms with E-state index in [4.69, 9.17) is 44.8 Å². The second-order valence-corrected chi connectivity index (χ2v) is 20.6. The molecule has 2 aliphatic rings. The van der Waals surface area contributed by atoms with Crippen molar-refractivity contribution in [1.29, 1.82) is 5.26 Å². The fraction of sp³-hybridized carbons (Fsp3) is 0.269. The van der Waals surface area contributed by atoms with Crippen molar-refractivity contribution >= 4 is 58.2 Å². The van der Waals surface area contributed by atoms with Crippen LogP contribution in [-0.2, 0) is 40.5 Å². The van der Waals surface area contributed by atoms with E-state index in [0.29, 0.717) is 28.8 Å². The SMILES string of the molecule is N#CCCOP(=S)(OC[C@H]1C[C@@H](n2cnc3c2ncn2ccnc32)[C@@H]1COC(c1ccccc1)(c1ccccc1)c1ccccc1)O[C@H]1[C@@H](F)[C@H](n2cnc3c(NC(=O)c4ccccc4)ncnc32)O[C@@H]1CO. The van der Waals surface area contributed by atoms with E-state index >= 15 is 4.39 Å². The van der Waals surface area contributed by atoms with E-state index in [-0.39, 0.29) is 61.1 Å². The molecular formula is C52H47FN11O7PS. The summed E-state index contributed by atoms with van der Waals surface area (Å²) < 4.78 is 54.9. The zero-order valence-electron chi connectivity index (χ0n) is 38.9. The number of benzene rings is 4.